The van der Waals surface area contributed by atoms with Crippen molar-refractivity contribution in [1.29, 1.82) is 0 Å². The number of amides is 3. The highest BCUT2D eigenvalue weighted by Gasteiger charge is 2.38. The van der Waals surface area contributed by atoms with Crippen LogP contribution in [0.5, 0.6) is 0 Å². The molecule has 38 heavy (non-hydrogen) atoms. The Morgan fingerprint density at radius 3 is 2.53 bits per heavy atom. The summed E-state index contributed by atoms with van der Waals surface area (Å²) in [5, 5.41) is 3.44. The molecule has 0 radical (unpaired) electrons. The number of ether oxygens (including phenoxy) is 1. The van der Waals surface area contributed by atoms with Gasteiger partial charge in [-0.15, -0.1) is 0 Å². The summed E-state index contributed by atoms with van der Waals surface area (Å²) in [4.78, 5) is 44.9. The van der Waals surface area contributed by atoms with Gasteiger partial charge in [0, 0.05) is 55.6 Å². The summed E-state index contributed by atoms with van der Waals surface area (Å²) in [6.45, 7) is 6.75. The van der Waals surface area contributed by atoms with E-state index >= 15 is 0 Å². The van der Waals surface area contributed by atoms with Crippen LogP contribution < -0.4 is 5.32 Å². The van der Waals surface area contributed by atoms with Crippen LogP contribution in [0.25, 0.3) is 0 Å². The summed E-state index contributed by atoms with van der Waals surface area (Å²) >= 11 is 6.23. The van der Waals surface area contributed by atoms with E-state index in [1.54, 1.807) is 34.9 Å². The smallest absolute Gasteiger partial charge is 0.338 e. The van der Waals surface area contributed by atoms with E-state index in [0.29, 0.717) is 73.1 Å². The lowest BCUT2D eigenvalue weighted by Gasteiger charge is -2.38. The molecule has 1 saturated heterocycles. The van der Waals surface area contributed by atoms with Crippen molar-refractivity contribution in [2.75, 3.05) is 45.9 Å². The number of halogens is 2. The van der Waals surface area contributed by atoms with Crippen molar-refractivity contribution in [3.8, 4) is 0 Å². The first-order valence-corrected chi connectivity index (χ1v) is 13.2. The van der Waals surface area contributed by atoms with Crippen LogP contribution >= 0.6 is 11.6 Å². The number of nitrogens with one attached hydrogen (secondary N) is 1. The number of carbonyl (C=O) groups excluding carboxylic acids is 3. The molecule has 1 fully saturated rings. The van der Waals surface area contributed by atoms with Crippen molar-refractivity contribution in [2.24, 2.45) is 0 Å². The number of rotatable bonds is 7. The predicted molar refractivity (Wildman–Crippen MR) is 142 cm³/mol. The standard InChI is InChI=1S/C28H32ClFN4O4/c1-3-34-23(18-32-13-6-14-33(16-15-32)26(35)19-9-11-22(30)12-10-19)24(27(36)38-4-2)25(31-28(34)37)20-7-5-8-21(29)17-20/h5,7-12,17,25H,3-4,6,13-16,18H2,1-2H3,(H,31,37). The van der Waals surface area contributed by atoms with Gasteiger partial charge < -0.3 is 15.0 Å². The molecule has 0 bridgehead atoms. The molecule has 202 valence electrons. The number of likely N-dealkylation sites (N-methyl/N-ethyl adjacent to an activating group) is 1. The average Bonchev–Trinajstić information content (AvgIpc) is 3.14. The number of carbonyl (C=O) groups is 3. The summed E-state index contributed by atoms with van der Waals surface area (Å²) in [6.07, 6.45) is 0.713. The molecular weight excluding hydrogens is 511 g/mol. The normalized spacial score (nSPS) is 18.7. The zero-order valence-corrected chi connectivity index (χ0v) is 22.3. The van der Waals surface area contributed by atoms with Crippen molar-refractivity contribution in [3.63, 3.8) is 0 Å². The van der Waals surface area contributed by atoms with Gasteiger partial charge in [-0.05, 0) is 62.2 Å². The van der Waals surface area contributed by atoms with Gasteiger partial charge in [0.15, 0.2) is 0 Å². The first kappa shape index (κ1) is 27.6. The third kappa shape index (κ3) is 6.16. The van der Waals surface area contributed by atoms with Crippen LogP contribution in [0.4, 0.5) is 9.18 Å². The zero-order valence-electron chi connectivity index (χ0n) is 21.6. The second kappa shape index (κ2) is 12.4. The highest BCUT2D eigenvalue weighted by Crippen LogP contribution is 2.33. The van der Waals surface area contributed by atoms with E-state index in [1.807, 2.05) is 13.0 Å². The number of benzene rings is 2. The molecular formula is C28H32ClFN4O4. The Morgan fingerprint density at radius 2 is 1.84 bits per heavy atom. The molecule has 2 aromatic rings. The second-order valence-electron chi connectivity index (χ2n) is 9.19. The highest BCUT2D eigenvalue weighted by molar-refractivity contribution is 6.30. The number of hydrogen-bond donors (Lipinski definition) is 1. The van der Waals surface area contributed by atoms with Gasteiger partial charge >= 0.3 is 12.0 Å². The van der Waals surface area contributed by atoms with Gasteiger partial charge in [0.05, 0.1) is 18.2 Å². The Labute approximate surface area is 227 Å². The van der Waals surface area contributed by atoms with Crippen molar-refractivity contribution in [2.45, 2.75) is 26.3 Å². The van der Waals surface area contributed by atoms with Crippen molar-refractivity contribution < 1.29 is 23.5 Å². The monoisotopic (exact) mass is 542 g/mol. The third-order valence-electron chi connectivity index (χ3n) is 6.77. The Kier molecular flexibility index (Phi) is 9.01. The molecule has 3 amide bonds. The molecule has 1 atom stereocenters. The predicted octanol–water partition coefficient (Wildman–Crippen LogP) is 4.23. The Balaban J connectivity index is 1.62. The first-order chi connectivity index (χ1) is 18.3. The van der Waals surface area contributed by atoms with Gasteiger partial charge in [0.25, 0.3) is 5.91 Å². The molecule has 10 heteroatoms. The van der Waals surface area contributed by atoms with Crippen molar-refractivity contribution in [3.05, 3.63) is 81.8 Å². The molecule has 0 spiro atoms. The average molecular weight is 543 g/mol. The molecule has 2 aromatic carbocycles. The summed E-state index contributed by atoms with van der Waals surface area (Å²) in [6, 6.07) is 11.6. The summed E-state index contributed by atoms with van der Waals surface area (Å²) in [5.41, 5.74) is 2.09. The van der Waals surface area contributed by atoms with Crippen LogP contribution in [0.3, 0.4) is 0 Å². The van der Waals surface area contributed by atoms with Gasteiger partial charge in [-0.2, -0.15) is 0 Å². The van der Waals surface area contributed by atoms with Crippen LogP contribution in [-0.2, 0) is 9.53 Å². The topological polar surface area (TPSA) is 82.2 Å². The van der Waals surface area contributed by atoms with Gasteiger partial charge in [-0.25, -0.2) is 14.0 Å². The minimum atomic E-state index is -0.707. The Hall–Kier alpha value is -3.43. The lowest BCUT2D eigenvalue weighted by atomic mass is 9.94. The second-order valence-corrected chi connectivity index (χ2v) is 9.63. The summed E-state index contributed by atoms with van der Waals surface area (Å²) in [7, 11) is 0. The van der Waals surface area contributed by atoms with Crippen molar-refractivity contribution >= 4 is 29.5 Å². The van der Waals surface area contributed by atoms with E-state index in [0.717, 1.165) is 0 Å². The van der Waals surface area contributed by atoms with Gasteiger partial charge in [-0.1, -0.05) is 23.7 Å². The van der Waals surface area contributed by atoms with E-state index in [4.69, 9.17) is 16.3 Å². The van der Waals surface area contributed by atoms with E-state index in [9.17, 15) is 18.8 Å². The van der Waals surface area contributed by atoms with Crippen molar-refractivity contribution in [1.82, 2.24) is 20.0 Å². The molecule has 1 N–H and O–H groups in total. The Morgan fingerprint density at radius 1 is 1.08 bits per heavy atom. The van der Waals surface area contributed by atoms with E-state index in [2.05, 4.69) is 10.2 Å². The van der Waals surface area contributed by atoms with Crippen LogP contribution in [0, 0.1) is 5.82 Å². The lowest BCUT2D eigenvalue weighted by molar-refractivity contribution is -0.139. The molecule has 2 aliphatic heterocycles. The Bertz CT molecular complexity index is 1220. The third-order valence-corrected chi connectivity index (χ3v) is 7.01. The minimum absolute atomic E-state index is 0.147. The maximum Gasteiger partial charge on any atom is 0.338 e. The van der Waals surface area contributed by atoms with Gasteiger partial charge in [-0.3, -0.25) is 14.6 Å². The number of hydrogen-bond acceptors (Lipinski definition) is 5. The van der Waals surface area contributed by atoms with Crippen LogP contribution in [0.1, 0.15) is 42.2 Å². The molecule has 4 rings (SSSR count). The number of urea groups is 1. The molecule has 8 nitrogen and oxygen atoms in total. The quantitative estimate of drug-likeness (QED) is 0.530. The van der Waals surface area contributed by atoms with Crippen LogP contribution in [0.15, 0.2) is 59.8 Å². The number of nitrogens with zero attached hydrogens (tertiary/aromatic N) is 3. The molecule has 0 aromatic heterocycles. The molecule has 0 aliphatic carbocycles. The van der Waals surface area contributed by atoms with Crippen LogP contribution in [0.2, 0.25) is 5.02 Å². The van der Waals surface area contributed by atoms with Gasteiger partial charge in [0.2, 0.25) is 0 Å². The zero-order chi connectivity index (χ0) is 27.2. The lowest BCUT2D eigenvalue weighted by Crippen LogP contribution is -2.51. The fourth-order valence-corrected chi connectivity index (χ4v) is 5.11. The van der Waals surface area contributed by atoms with Crippen LogP contribution in [-0.4, -0.2) is 78.5 Å². The maximum atomic E-state index is 13.3. The fourth-order valence-electron chi connectivity index (χ4n) is 4.91. The molecule has 2 aliphatic rings. The number of esters is 1. The molecule has 0 saturated carbocycles. The largest absolute Gasteiger partial charge is 0.463 e. The van der Waals surface area contributed by atoms with E-state index in [1.165, 1.54) is 24.3 Å². The summed E-state index contributed by atoms with van der Waals surface area (Å²) in [5.74, 6) is -1.03. The summed E-state index contributed by atoms with van der Waals surface area (Å²) < 4.78 is 18.7. The minimum Gasteiger partial charge on any atom is -0.463 e. The molecule has 2 heterocycles. The fraction of sp³-hybridized carbons (Fsp3) is 0.393. The van der Waals surface area contributed by atoms with E-state index < -0.39 is 12.0 Å². The van der Waals surface area contributed by atoms with Gasteiger partial charge in [0.1, 0.15) is 5.82 Å². The highest BCUT2D eigenvalue weighted by atomic mass is 35.5. The SMILES string of the molecule is CCOC(=O)C1=C(CN2CCCN(C(=O)c3ccc(F)cc3)CC2)N(CC)C(=O)NC1c1cccc(Cl)c1. The maximum absolute atomic E-state index is 13.3. The van der Waals surface area contributed by atoms with E-state index in [-0.39, 0.29) is 24.4 Å². The first-order valence-electron chi connectivity index (χ1n) is 12.8. The molecule has 1 unspecified atom stereocenters.